The first kappa shape index (κ1) is 23.1. The average Bonchev–Trinajstić information content (AvgIpc) is 3.00. The molecule has 2 aromatic carbocycles. The zero-order valence-corrected chi connectivity index (χ0v) is 20.3. The predicted octanol–water partition coefficient (Wildman–Crippen LogP) is 6.44. The Morgan fingerprint density at radius 1 is 1.00 bits per heavy atom. The van der Waals surface area contributed by atoms with Crippen LogP contribution in [0.2, 0.25) is 0 Å². The summed E-state index contributed by atoms with van der Waals surface area (Å²) in [5.41, 5.74) is 4.28. The Bertz CT molecular complexity index is 1020. The Morgan fingerprint density at radius 2 is 1.55 bits per heavy atom. The van der Waals surface area contributed by atoms with Gasteiger partial charge in [-0.15, -0.1) is 0 Å². The van der Waals surface area contributed by atoms with Crippen LogP contribution in [0.5, 0.6) is 5.75 Å². The Morgan fingerprint density at radius 3 is 2.03 bits per heavy atom. The maximum absolute atomic E-state index is 12.6. The van der Waals surface area contributed by atoms with Gasteiger partial charge in [-0.3, -0.25) is 4.79 Å². The summed E-state index contributed by atoms with van der Waals surface area (Å²) in [5.74, 6) is 0.181. The zero-order valence-electron chi connectivity index (χ0n) is 19.5. The highest BCUT2D eigenvalue weighted by Crippen LogP contribution is 2.40. The van der Waals surface area contributed by atoms with Crippen molar-refractivity contribution >= 4 is 34.6 Å². The lowest BCUT2D eigenvalue weighted by molar-refractivity contribution is -0.115. The largest absolute Gasteiger partial charge is 0.507 e. The van der Waals surface area contributed by atoms with Crippen molar-refractivity contribution in [1.29, 1.82) is 0 Å². The van der Waals surface area contributed by atoms with Gasteiger partial charge in [-0.2, -0.15) is 0 Å². The van der Waals surface area contributed by atoms with E-state index in [0.717, 1.165) is 28.8 Å². The Hall–Kier alpha value is -2.53. The van der Waals surface area contributed by atoms with Crippen molar-refractivity contribution in [2.45, 2.75) is 65.7 Å². The molecule has 5 heteroatoms. The van der Waals surface area contributed by atoms with Crippen LogP contribution in [0.3, 0.4) is 0 Å². The molecule has 1 saturated heterocycles. The highest BCUT2D eigenvalue weighted by atomic mass is 32.2. The molecule has 1 heterocycles. The summed E-state index contributed by atoms with van der Waals surface area (Å²) in [4.78, 5) is 17.7. The first-order valence-electron chi connectivity index (χ1n) is 10.6. The molecule has 1 fully saturated rings. The van der Waals surface area contributed by atoms with E-state index in [-0.39, 0.29) is 16.7 Å². The number of aromatic hydroxyl groups is 1. The van der Waals surface area contributed by atoms with Crippen molar-refractivity contribution in [3.8, 4) is 5.75 Å². The van der Waals surface area contributed by atoms with E-state index in [2.05, 4.69) is 70.9 Å². The third kappa shape index (κ3) is 5.40. The van der Waals surface area contributed by atoms with Crippen molar-refractivity contribution in [3.05, 3.63) is 63.6 Å². The molecule has 1 aliphatic heterocycles. The van der Waals surface area contributed by atoms with E-state index in [1.807, 2.05) is 30.3 Å². The van der Waals surface area contributed by atoms with Crippen LogP contribution in [0.25, 0.3) is 6.08 Å². The number of aryl methyl sites for hydroxylation is 1. The molecular formula is C26H32N2O2S. The van der Waals surface area contributed by atoms with Crippen LogP contribution in [0.4, 0.5) is 5.69 Å². The molecule has 31 heavy (non-hydrogen) atoms. The molecular weight excluding hydrogens is 404 g/mol. The average molecular weight is 437 g/mol. The SMILES string of the molecule is CCc1ccc(N=C2NC(=O)/C(=C/c3cc(C(C)(C)C)c(O)c(C(C)(C)C)c3)S2)cc1. The smallest absolute Gasteiger partial charge is 0.264 e. The summed E-state index contributed by atoms with van der Waals surface area (Å²) in [7, 11) is 0. The topological polar surface area (TPSA) is 61.7 Å². The molecule has 0 saturated carbocycles. The quantitative estimate of drug-likeness (QED) is 0.544. The molecule has 0 spiro atoms. The van der Waals surface area contributed by atoms with Gasteiger partial charge >= 0.3 is 0 Å². The molecule has 4 nitrogen and oxygen atoms in total. The Balaban J connectivity index is 1.97. The summed E-state index contributed by atoms with van der Waals surface area (Å²) in [6.07, 6.45) is 2.86. The van der Waals surface area contributed by atoms with E-state index in [1.54, 1.807) is 0 Å². The van der Waals surface area contributed by atoms with Gasteiger partial charge in [0.05, 0.1) is 10.6 Å². The van der Waals surface area contributed by atoms with Crippen LogP contribution >= 0.6 is 11.8 Å². The number of amides is 1. The van der Waals surface area contributed by atoms with Gasteiger partial charge in [-0.05, 0) is 70.5 Å². The molecule has 0 atom stereocenters. The van der Waals surface area contributed by atoms with Crippen LogP contribution in [0.15, 0.2) is 46.3 Å². The number of hydrogen-bond acceptors (Lipinski definition) is 4. The van der Waals surface area contributed by atoms with E-state index in [9.17, 15) is 9.90 Å². The van der Waals surface area contributed by atoms with Gasteiger partial charge in [-0.1, -0.05) is 60.6 Å². The van der Waals surface area contributed by atoms with Gasteiger partial charge in [-0.25, -0.2) is 4.99 Å². The summed E-state index contributed by atoms with van der Waals surface area (Å²) in [6, 6.07) is 12.0. The van der Waals surface area contributed by atoms with Crippen molar-refractivity contribution in [2.24, 2.45) is 4.99 Å². The normalized spacial score (nSPS) is 17.5. The van der Waals surface area contributed by atoms with Crippen molar-refractivity contribution in [2.75, 3.05) is 0 Å². The summed E-state index contributed by atoms with van der Waals surface area (Å²) in [5, 5.41) is 14.4. The van der Waals surface area contributed by atoms with Gasteiger partial charge < -0.3 is 10.4 Å². The monoisotopic (exact) mass is 436 g/mol. The number of carbonyl (C=O) groups is 1. The van der Waals surface area contributed by atoms with E-state index < -0.39 is 0 Å². The molecule has 0 radical (unpaired) electrons. The predicted molar refractivity (Wildman–Crippen MR) is 132 cm³/mol. The number of phenolic OH excluding ortho intramolecular Hbond substituents is 1. The van der Waals surface area contributed by atoms with E-state index >= 15 is 0 Å². The van der Waals surface area contributed by atoms with Gasteiger partial charge in [0.1, 0.15) is 5.75 Å². The number of thioether (sulfide) groups is 1. The maximum atomic E-state index is 12.6. The number of nitrogens with one attached hydrogen (secondary N) is 1. The van der Waals surface area contributed by atoms with E-state index in [0.29, 0.717) is 15.8 Å². The third-order valence-corrected chi connectivity index (χ3v) is 6.18. The molecule has 2 aromatic rings. The molecule has 164 valence electrons. The molecule has 1 aliphatic rings. The number of aliphatic imine (C=N–C) groups is 1. The number of nitrogens with zero attached hydrogens (tertiary/aromatic N) is 1. The summed E-state index contributed by atoms with van der Waals surface area (Å²) >= 11 is 1.34. The second-order valence-electron chi connectivity index (χ2n) is 9.97. The number of amidine groups is 1. The molecule has 1 amide bonds. The highest BCUT2D eigenvalue weighted by Gasteiger charge is 2.28. The van der Waals surface area contributed by atoms with Crippen LogP contribution in [0, 0.1) is 0 Å². The van der Waals surface area contributed by atoms with Crippen molar-refractivity contribution in [3.63, 3.8) is 0 Å². The minimum atomic E-state index is -0.221. The zero-order chi connectivity index (χ0) is 23.0. The molecule has 0 bridgehead atoms. The summed E-state index contributed by atoms with van der Waals surface area (Å²) < 4.78 is 0. The van der Waals surface area contributed by atoms with Gasteiger partial charge in [0.25, 0.3) is 5.91 Å². The molecule has 0 aliphatic carbocycles. The number of rotatable bonds is 3. The summed E-state index contributed by atoms with van der Waals surface area (Å²) in [6.45, 7) is 14.6. The van der Waals surface area contributed by atoms with Gasteiger partial charge in [0.2, 0.25) is 0 Å². The second kappa shape index (κ2) is 8.54. The number of benzene rings is 2. The third-order valence-electron chi connectivity index (χ3n) is 5.27. The lowest BCUT2D eigenvalue weighted by Crippen LogP contribution is -2.19. The minimum Gasteiger partial charge on any atom is -0.507 e. The maximum Gasteiger partial charge on any atom is 0.264 e. The van der Waals surface area contributed by atoms with Crippen molar-refractivity contribution in [1.82, 2.24) is 5.32 Å². The van der Waals surface area contributed by atoms with Crippen LogP contribution in [-0.2, 0) is 22.0 Å². The molecule has 0 aromatic heterocycles. The lowest BCUT2D eigenvalue weighted by Gasteiger charge is -2.28. The second-order valence-corrected chi connectivity index (χ2v) is 11.0. The van der Waals surface area contributed by atoms with Gasteiger partial charge in [0, 0.05) is 11.1 Å². The standard InChI is InChI=1S/C26H32N2O2S/c1-8-16-9-11-18(12-10-16)27-24-28-23(30)21(31-24)15-17-13-19(25(2,3)4)22(29)20(14-17)26(5,6)7/h9-15,29H,8H2,1-7H3,(H,27,28,30)/b21-15-. The lowest BCUT2D eigenvalue weighted by atomic mass is 9.78. The highest BCUT2D eigenvalue weighted by molar-refractivity contribution is 8.18. The number of hydrogen-bond donors (Lipinski definition) is 2. The Kier molecular flexibility index (Phi) is 6.38. The van der Waals surface area contributed by atoms with Crippen LogP contribution in [-0.4, -0.2) is 16.2 Å². The molecule has 3 rings (SSSR count). The number of phenols is 1. The van der Waals surface area contributed by atoms with E-state index in [1.165, 1.54) is 17.3 Å². The number of carbonyl (C=O) groups excluding carboxylic acids is 1. The van der Waals surface area contributed by atoms with Crippen LogP contribution < -0.4 is 5.32 Å². The fourth-order valence-corrected chi connectivity index (χ4v) is 4.28. The minimum absolute atomic E-state index is 0.156. The molecule has 2 N–H and O–H groups in total. The first-order valence-corrected chi connectivity index (χ1v) is 11.5. The molecule has 0 unspecified atom stereocenters. The fraction of sp³-hybridized carbons (Fsp3) is 0.385. The van der Waals surface area contributed by atoms with E-state index in [4.69, 9.17) is 0 Å². The Labute approximate surface area is 189 Å². The first-order chi connectivity index (χ1) is 14.4. The van der Waals surface area contributed by atoms with Gasteiger partial charge in [0.15, 0.2) is 5.17 Å². The fourth-order valence-electron chi connectivity index (χ4n) is 3.44. The van der Waals surface area contributed by atoms with Crippen LogP contribution in [0.1, 0.15) is 70.7 Å². The van der Waals surface area contributed by atoms with Crippen molar-refractivity contribution < 1.29 is 9.90 Å².